The third-order valence-electron chi connectivity index (χ3n) is 3.48. The molecule has 1 aromatic rings. The summed E-state index contributed by atoms with van der Waals surface area (Å²) in [7, 11) is 0. The first kappa shape index (κ1) is 14.5. The van der Waals surface area contributed by atoms with Crippen molar-refractivity contribution in [3.63, 3.8) is 0 Å². The largest absolute Gasteiger partial charge is 0.341 e. The molecule has 19 heavy (non-hydrogen) atoms. The van der Waals surface area contributed by atoms with Crippen molar-refractivity contribution >= 4 is 17.2 Å². The second-order valence-corrected chi connectivity index (χ2v) is 6.57. The van der Waals surface area contributed by atoms with E-state index in [1.165, 1.54) is 12.8 Å². The molecular formula is C15H24N2OS. The fourth-order valence-corrected chi connectivity index (χ4v) is 3.25. The minimum Gasteiger partial charge on any atom is -0.341 e. The van der Waals surface area contributed by atoms with Gasteiger partial charge in [0.1, 0.15) is 0 Å². The van der Waals surface area contributed by atoms with Crippen LogP contribution in [0, 0.1) is 5.92 Å². The highest BCUT2D eigenvalue weighted by atomic mass is 32.1. The summed E-state index contributed by atoms with van der Waals surface area (Å²) in [6, 6.07) is 2.54. The number of amides is 1. The summed E-state index contributed by atoms with van der Waals surface area (Å²) in [5.74, 6) is 0.786. The van der Waals surface area contributed by atoms with E-state index in [0.717, 1.165) is 25.2 Å². The number of hydrogen-bond donors (Lipinski definition) is 1. The van der Waals surface area contributed by atoms with Gasteiger partial charge in [-0.3, -0.25) is 4.79 Å². The van der Waals surface area contributed by atoms with Gasteiger partial charge in [-0.1, -0.05) is 13.8 Å². The zero-order valence-electron chi connectivity index (χ0n) is 11.9. The lowest BCUT2D eigenvalue weighted by Gasteiger charge is -2.27. The van der Waals surface area contributed by atoms with Gasteiger partial charge in [-0.2, -0.15) is 11.3 Å². The highest BCUT2D eigenvalue weighted by Gasteiger charge is 2.22. The number of carbonyl (C=O) groups excluding carboxylic acids is 1. The standard InChI is InChI=1S/C15H24N2OS/c1-12(2)9-17(10-14-4-3-6-16-14)15(18)8-13-5-7-19-11-13/h5,7,11-12,14,16H,3-4,6,8-10H2,1-2H3. The molecule has 0 saturated carbocycles. The summed E-state index contributed by atoms with van der Waals surface area (Å²) in [5.41, 5.74) is 1.14. The van der Waals surface area contributed by atoms with Crippen LogP contribution < -0.4 is 5.32 Å². The lowest BCUT2D eigenvalue weighted by molar-refractivity contribution is -0.131. The molecular weight excluding hydrogens is 256 g/mol. The van der Waals surface area contributed by atoms with Crippen LogP contribution in [0.3, 0.4) is 0 Å². The van der Waals surface area contributed by atoms with Crippen LogP contribution in [0.2, 0.25) is 0 Å². The van der Waals surface area contributed by atoms with E-state index >= 15 is 0 Å². The second-order valence-electron chi connectivity index (χ2n) is 5.79. The third kappa shape index (κ3) is 4.62. The molecule has 1 aromatic heterocycles. The van der Waals surface area contributed by atoms with Crippen molar-refractivity contribution in [3.8, 4) is 0 Å². The molecule has 1 amide bonds. The molecule has 0 spiro atoms. The van der Waals surface area contributed by atoms with Crippen molar-refractivity contribution < 1.29 is 4.79 Å². The predicted molar refractivity (Wildman–Crippen MR) is 80.5 cm³/mol. The van der Waals surface area contributed by atoms with Crippen LogP contribution >= 0.6 is 11.3 Å². The number of nitrogens with one attached hydrogen (secondary N) is 1. The molecule has 1 N–H and O–H groups in total. The van der Waals surface area contributed by atoms with E-state index in [1.54, 1.807) is 11.3 Å². The topological polar surface area (TPSA) is 32.3 Å². The van der Waals surface area contributed by atoms with Gasteiger partial charge in [0.25, 0.3) is 0 Å². The number of nitrogens with zero attached hydrogens (tertiary/aromatic N) is 1. The maximum Gasteiger partial charge on any atom is 0.227 e. The minimum absolute atomic E-state index is 0.265. The van der Waals surface area contributed by atoms with Gasteiger partial charge in [-0.05, 0) is 47.7 Å². The van der Waals surface area contributed by atoms with Gasteiger partial charge in [-0.25, -0.2) is 0 Å². The quantitative estimate of drug-likeness (QED) is 0.868. The van der Waals surface area contributed by atoms with Crippen LogP contribution in [0.25, 0.3) is 0 Å². The van der Waals surface area contributed by atoms with Crippen LogP contribution in [0.5, 0.6) is 0 Å². The maximum absolute atomic E-state index is 12.4. The zero-order chi connectivity index (χ0) is 13.7. The molecule has 1 atom stereocenters. The Morgan fingerprint density at radius 2 is 2.42 bits per heavy atom. The monoisotopic (exact) mass is 280 g/mol. The molecule has 0 aromatic carbocycles. The molecule has 0 aliphatic carbocycles. The Morgan fingerprint density at radius 1 is 1.58 bits per heavy atom. The first-order valence-corrected chi connectivity index (χ1v) is 8.11. The molecule has 0 radical (unpaired) electrons. The van der Waals surface area contributed by atoms with Gasteiger partial charge < -0.3 is 10.2 Å². The number of carbonyl (C=O) groups is 1. The third-order valence-corrected chi connectivity index (χ3v) is 4.21. The lowest BCUT2D eigenvalue weighted by Crippen LogP contribution is -2.43. The summed E-state index contributed by atoms with van der Waals surface area (Å²) in [4.78, 5) is 14.5. The highest BCUT2D eigenvalue weighted by Crippen LogP contribution is 2.12. The molecule has 2 heterocycles. The smallest absolute Gasteiger partial charge is 0.227 e. The number of rotatable bonds is 6. The van der Waals surface area contributed by atoms with Gasteiger partial charge in [0.05, 0.1) is 6.42 Å². The summed E-state index contributed by atoms with van der Waals surface area (Å²) in [6.07, 6.45) is 2.97. The Kier molecular flexibility index (Phi) is 5.40. The fourth-order valence-electron chi connectivity index (χ4n) is 2.58. The van der Waals surface area contributed by atoms with E-state index in [4.69, 9.17) is 0 Å². The van der Waals surface area contributed by atoms with E-state index < -0.39 is 0 Å². The number of hydrogen-bond acceptors (Lipinski definition) is 3. The van der Waals surface area contributed by atoms with Crippen LogP contribution in [-0.4, -0.2) is 36.5 Å². The Hall–Kier alpha value is -0.870. The second kappa shape index (κ2) is 7.06. The molecule has 1 unspecified atom stereocenters. The molecule has 0 bridgehead atoms. The molecule has 1 aliphatic rings. The molecule has 2 rings (SSSR count). The van der Waals surface area contributed by atoms with Crippen molar-refractivity contribution in [2.45, 2.75) is 39.2 Å². The number of thiophene rings is 1. The van der Waals surface area contributed by atoms with E-state index in [1.807, 2.05) is 16.3 Å². The average molecular weight is 280 g/mol. The van der Waals surface area contributed by atoms with Crippen LogP contribution in [0.4, 0.5) is 0 Å². The van der Waals surface area contributed by atoms with Gasteiger partial charge in [0, 0.05) is 19.1 Å². The SMILES string of the molecule is CC(C)CN(CC1CCCN1)C(=O)Cc1ccsc1. The van der Waals surface area contributed by atoms with E-state index in [2.05, 4.69) is 24.5 Å². The minimum atomic E-state index is 0.265. The van der Waals surface area contributed by atoms with E-state index in [9.17, 15) is 4.79 Å². The molecule has 1 fully saturated rings. The van der Waals surface area contributed by atoms with Crippen LogP contribution in [0.1, 0.15) is 32.3 Å². The zero-order valence-corrected chi connectivity index (χ0v) is 12.7. The van der Waals surface area contributed by atoms with Crippen LogP contribution in [-0.2, 0) is 11.2 Å². The maximum atomic E-state index is 12.4. The molecule has 3 nitrogen and oxygen atoms in total. The Labute approximate surface area is 120 Å². The first-order valence-electron chi connectivity index (χ1n) is 7.17. The molecule has 106 valence electrons. The summed E-state index contributed by atoms with van der Waals surface area (Å²) < 4.78 is 0. The van der Waals surface area contributed by atoms with Gasteiger partial charge in [-0.15, -0.1) is 0 Å². The van der Waals surface area contributed by atoms with E-state index in [-0.39, 0.29) is 5.91 Å². The summed E-state index contributed by atoms with van der Waals surface area (Å²) in [5, 5.41) is 7.59. The Morgan fingerprint density at radius 3 is 3.00 bits per heavy atom. The van der Waals surface area contributed by atoms with Crippen molar-refractivity contribution in [1.29, 1.82) is 0 Å². The predicted octanol–water partition coefficient (Wildman–Crippen LogP) is 2.53. The van der Waals surface area contributed by atoms with Crippen LogP contribution in [0.15, 0.2) is 16.8 Å². The Bertz CT molecular complexity index is 383. The summed E-state index contributed by atoms with van der Waals surface area (Å²) >= 11 is 1.66. The van der Waals surface area contributed by atoms with Gasteiger partial charge in [0.2, 0.25) is 5.91 Å². The van der Waals surface area contributed by atoms with Gasteiger partial charge >= 0.3 is 0 Å². The van der Waals surface area contributed by atoms with Crippen molar-refractivity contribution in [1.82, 2.24) is 10.2 Å². The van der Waals surface area contributed by atoms with Crippen molar-refractivity contribution in [2.75, 3.05) is 19.6 Å². The molecule has 1 aliphatic heterocycles. The van der Waals surface area contributed by atoms with Crippen molar-refractivity contribution in [2.24, 2.45) is 5.92 Å². The Balaban J connectivity index is 1.92. The molecule has 1 saturated heterocycles. The van der Waals surface area contributed by atoms with Crippen molar-refractivity contribution in [3.05, 3.63) is 22.4 Å². The van der Waals surface area contributed by atoms with Gasteiger partial charge in [0.15, 0.2) is 0 Å². The highest BCUT2D eigenvalue weighted by molar-refractivity contribution is 7.07. The summed E-state index contributed by atoms with van der Waals surface area (Å²) in [6.45, 7) is 7.17. The fraction of sp³-hybridized carbons (Fsp3) is 0.667. The lowest BCUT2D eigenvalue weighted by atomic mass is 10.1. The first-order chi connectivity index (χ1) is 9.15. The normalized spacial score (nSPS) is 19.0. The molecule has 4 heteroatoms. The van der Waals surface area contributed by atoms with E-state index in [0.29, 0.717) is 18.4 Å². The average Bonchev–Trinajstić information content (AvgIpc) is 3.00.